The summed E-state index contributed by atoms with van der Waals surface area (Å²) in [5.41, 5.74) is -0.807. The summed E-state index contributed by atoms with van der Waals surface area (Å²) in [6, 6.07) is 0. The zero-order chi connectivity index (χ0) is 12.9. The van der Waals surface area contributed by atoms with Gasteiger partial charge in [-0.25, -0.2) is 0 Å². The van der Waals surface area contributed by atoms with Gasteiger partial charge in [-0.2, -0.15) is 0 Å². The number of hydrogen-bond donors (Lipinski definition) is 1. The van der Waals surface area contributed by atoms with Gasteiger partial charge in [0.05, 0.1) is 12.0 Å². The Labute approximate surface area is 109 Å². The van der Waals surface area contributed by atoms with Gasteiger partial charge in [0, 0.05) is 33.1 Å². The van der Waals surface area contributed by atoms with E-state index < -0.39 is 5.60 Å². The molecule has 0 aromatic heterocycles. The summed E-state index contributed by atoms with van der Waals surface area (Å²) < 4.78 is 0. The number of carbonyl (C=O) groups excluding carboxylic acids is 1. The van der Waals surface area contributed by atoms with Gasteiger partial charge in [-0.15, -0.1) is 11.6 Å². The minimum Gasteiger partial charge on any atom is -0.389 e. The molecule has 0 aromatic rings. The molecule has 0 unspecified atom stereocenters. The summed E-state index contributed by atoms with van der Waals surface area (Å²) in [5, 5.41) is 10.3. The Morgan fingerprint density at radius 1 is 1.41 bits per heavy atom. The maximum atomic E-state index is 11.6. The zero-order valence-electron chi connectivity index (χ0n) is 10.8. The van der Waals surface area contributed by atoms with Crippen LogP contribution in [0.5, 0.6) is 0 Å². The van der Waals surface area contributed by atoms with Crippen LogP contribution in [0.4, 0.5) is 0 Å². The predicted molar refractivity (Wildman–Crippen MR) is 69.3 cm³/mol. The lowest BCUT2D eigenvalue weighted by Crippen LogP contribution is -2.47. The normalized spacial score (nSPS) is 20.2. The highest BCUT2D eigenvalue weighted by Crippen LogP contribution is 2.26. The Bertz CT molecular complexity index is 251. The SMILES string of the molecule is CN(C)C(=O)CC1(O)CCN(CCCCl)CC1. The fraction of sp³-hybridized carbons (Fsp3) is 0.917. The fourth-order valence-electron chi connectivity index (χ4n) is 2.09. The highest BCUT2D eigenvalue weighted by Gasteiger charge is 2.34. The van der Waals surface area contributed by atoms with E-state index >= 15 is 0 Å². The van der Waals surface area contributed by atoms with E-state index in [9.17, 15) is 9.90 Å². The van der Waals surface area contributed by atoms with Gasteiger partial charge in [-0.1, -0.05) is 0 Å². The largest absolute Gasteiger partial charge is 0.389 e. The minimum atomic E-state index is -0.807. The van der Waals surface area contributed by atoms with Gasteiger partial charge >= 0.3 is 0 Å². The number of aliphatic hydroxyl groups is 1. The maximum absolute atomic E-state index is 11.6. The van der Waals surface area contributed by atoms with Gasteiger partial charge < -0.3 is 14.9 Å². The second-order valence-electron chi connectivity index (χ2n) is 5.07. The van der Waals surface area contributed by atoms with E-state index in [0.717, 1.165) is 26.1 Å². The van der Waals surface area contributed by atoms with E-state index in [0.29, 0.717) is 18.7 Å². The van der Waals surface area contributed by atoms with Crippen molar-refractivity contribution in [3.05, 3.63) is 0 Å². The number of carbonyl (C=O) groups is 1. The van der Waals surface area contributed by atoms with E-state index in [4.69, 9.17) is 11.6 Å². The van der Waals surface area contributed by atoms with Gasteiger partial charge in [-0.3, -0.25) is 4.79 Å². The standard InChI is InChI=1S/C12H23ClN2O2/c1-14(2)11(16)10-12(17)4-8-15(9-5-12)7-3-6-13/h17H,3-10H2,1-2H3. The Kier molecular flexibility index (Phi) is 5.70. The van der Waals surface area contributed by atoms with Crippen LogP contribution in [-0.4, -0.2) is 66.0 Å². The molecule has 0 atom stereocenters. The second-order valence-corrected chi connectivity index (χ2v) is 5.45. The summed E-state index contributed by atoms with van der Waals surface area (Å²) in [4.78, 5) is 15.4. The quantitative estimate of drug-likeness (QED) is 0.750. The first kappa shape index (κ1) is 14.7. The van der Waals surface area contributed by atoms with Crippen molar-refractivity contribution in [3.8, 4) is 0 Å². The molecule has 17 heavy (non-hydrogen) atoms. The van der Waals surface area contributed by atoms with Crippen LogP contribution < -0.4 is 0 Å². The minimum absolute atomic E-state index is 0.00158. The van der Waals surface area contributed by atoms with E-state index in [1.165, 1.54) is 4.90 Å². The highest BCUT2D eigenvalue weighted by molar-refractivity contribution is 6.17. The lowest BCUT2D eigenvalue weighted by atomic mass is 9.87. The van der Waals surface area contributed by atoms with E-state index in [1.54, 1.807) is 14.1 Å². The van der Waals surface area contributed by atoms with Gasteiger partial charge in [-0.05, 0) is 25.8 Å². The van der Waals surface area contributed by atoms with Crippen LogP contribution in [0, 0.1) is 0 Å². The monoisotopic (exact) mass is 262 g/mol. The maximum Gasteiger partial charge on any atom is 0.224 e. The van der Waals surface area contributed by atoms with E-state index in [2.05, 4.69) is 4.90 Å². The van der Waals surface area contributed by atoms with E-state index in [-0.39, 0.29) is 12.3 Å². The lowest BCUT2D eigenvalue weighted by Gasteiger charge is -2.38. The first-order chi connectivity index (χ1) is 7.97. The van der Waals surface area contributed by atoms with Crippen molar-refractivity contribution in [2.75, 3.05) is 39.6 Å². The first-order valence-electron chi connectivity index (χ1n) is 6.18. The molecule has 1 fully saturated rings. The summed E-state index contributed by atoms with van der Waals surface area (Å²) >= 11 is 5.65. The lowest BCUT2D eigenvalue weighted by molar-refractivity contribution is -0.136. The Morgan fingerprint density at radius 2 is 2.00 bits per heavy atom. The molecule has 0 aliphatic carbocycles. The molecule has 5 heteroatoms. The van der Waals surface area contributed by atoms with Gasteiger partial charge in [0.1, 0.15) is 0 Å². The van der Waals surface area contributed by atoms with Crippen molar-refractivity contribution in [1.29, 1.82) is 0 Å². The van der Waals surface area contributed by atoms with Crippen molar-refractivity contribution in [2.45, 2.75) is 31.3 Å². The molecule has 0 aromatic carbocycles. The number of nitrogens with zero attached hydrogens (tertiary/aromatic N) is 2. The van der Waals surface area contributed by atoms with Crippen LogP contribution in [0.15, 0.2) is 0 Å². The molecule has 0 radical (unpaired) electrons. The molecule has 1 saturated heterocycles. The van der Waals surface area contributed by atoms with Crippen LogP contribution in [0.1, 0.15) is 25.7 Å². The van der Waals surface area contributed by atoms with Crippen LogP contribution in [0.2, 0.25) is 0 Å². The second kappa shape index (κ2) is 6.57. The Morgan fingerprint density at radius 3 is 2.47 bits per heavy atom. The number of halogens is 1. The molecule has 1 heterocycles. The molecule has 1 aliphatic heterocycles. The molecule has 1 aliphatic rings. The van der Waals surface area contributed by atoms with Gasteiger partial charge in [0.2, 0.25) is 5.91 Å². The molecule has 100 valence electrons. The number of piperidine rings is 1. The number of likely N-dealkylation sites (tertiary alicyclic amines) is 1. The van der Waals surface area contributed by atoms with E-state index in [1.807, 2.05) is 0 Å². The van der Waals surface area contributed by atoms with Crippen molar-refractivity contribution in [1.82, 2.24) is 9.80 Å². The molecular formula is C12H23ClN2O2. The van der Waals surface area contributed by atoms with Crippen molar-refractivity contribution in [3.63, 3.8) is 0 Å². The molecular weight excluding hydrogens is 240 g/mol. The molecule has 0 bridgehead atoms. The van der Waals surface area contributed by atoms with Crippen LogP contribution >= 0.6 is 11.6 Å². The average molecular weight is 263 g/mol. The topological polar surface area (TPSA) is 43.8 Å². The summed E-state index contributed by atoms with van der Waals surface area (Å²) in [6.07, 6.45) is 2.57. The van der Waals surface area contributed by atoms with Gasteiger partial charge in [0.25, 0.3) is 0 Å². The van der Waals surface area contributed by atoms with Crippen molar-refractivity contribution < 1.29 is 9.90 Å². The molecule has 1 rings (SSSR count). The molecule has 0 saturated carbocycles. The third kappa shape index (κ3) is 4.82. The van der Waals surface area contributed by atoms with Crippen LogP contribution in [0.3, 0.4) is 0 Å². The molecule has 1 N–H and O–H groups in total. The average Bonchev–Trinajstić information content (AvgIpc) is 2.28. The molecule has 1 amide bonds. The number of alkyl halides is 1. The first-order valence-corrected chi connectivity index (χ1v) is 6.71. The number of rotatable bonds is 5. The smallest absolute Gasteiger partial charge is 0.224 e. The van der Waals surface area contributed by atoms with Gasteiger partial charge in [0.15, 0.2) is 0 Å². The van der Waals surface area contributed by atoms with Crippen LogP contribution in [0.25, 0.3) is 0 Å². The highest BCUT2D eigenvalue weighted by atomic mass is 35.5. The summed E-state index contributed by atoms with van der Waals surface area (Å²) in [7, 11) is 3.45. The molecule has 0 spiro atoms. The molecule has 4 nitrogen and oxygen atoms in total. The van der Waals surface area contributed by atoms with Crippen LogP contribution in [-0.2, 0) is 4.79 Å². The predicted octanol–water partition coefficient (Wildman–Crippen LogP) is 0.920. The fourth-order valence-corrected chi connectivity index (χ4v) is 2.21. The summed E-state index contributed by atoms with van der Waals surface area (Å²) in [6.45, 7) is 2.70. The summed E-state index contributed by atoms with van der Waals surface area (Å²) in [5.74, 6) is 0.682. The number of amides is 1. The van der Waals surface area contributed by atoms with Crippen molar-refractivity contribution in [2.24, 2.45) is 0 Å². The third-order valence-corrected chi connectivity index (χ3v) is 3.64. The zero-order valence-corrected chi connectivity index (χ0v) is 11.5. The third-order valence-electron chi connectivity index (χ3n) is 3.37. The number of hydrogen-bond acceptors (Lipinski definition) is 3. The Hall–Kier alpha value is -0.320. The Balaban J connectivity index is 2.36. The van der Waals surface area contributed by atoms with Crippen molar-refractivity contribution >= 4 is 17.5 Å².